The summed E-state index contributed by atoms with van der Waals surface area (Å²) in [5, 5.41) is 17.3. The summed E-state index contributed by atoms with van der Waals surface area (Å²) in [4.78, 5) is 10.8. The Bertz CT molecular complexity index is 283. The highest BCUT2D eigenvalue weighted by Crippen LogP contribution is 2.39. The summed E-state index contributed by atoms with van der Waals surface area (Å²) < 4.78 is -2.10. The highest BCUT2D eigenvalue weighted by molar-refractivity contribution is 6.67. The molecule has 0 radical (unpaired) electrons. The van der Waals surface area contributed by atoms with Crippen molar-refractivity contribution in [2.45, 2.75) is 9.83 Å². The Morgan fingerprint density at radius 2 is 2.23 bits per heavy atom. The van der Waals surface area contributed by atoms with Crippen LogP contribution >= 0.6 is 34.8 Å². The minimum Gasteiger partial charge on any atom is -0.435 e. The van der Waals surface area contributed by atoms with E-state index in [0.29, 0.717) is 0 Å². The Kier molecular flexibility index (Phi) is 2.65. The fraction of sp³-hybridized carbons (Fsp3) is 0.667. The van der Waals surface area contributed by atoms with Crippen LogP contribution < -0.4 is 0 Å². The van der Waals surface area contributed by atoms with Crippen LogP contribution in [0.3, 0.4) is 0 Å². The highest BCUT2D eigenvalue weighted by Gasteiger charge is 2.65. The molecule has 72 valence electrons. The third-order valence-corrected chi connectivity index (χ3v) is 2.31. The van der Waals surface area contributed by atoms with Crippen LogP contribution in [-0.4, -0.2) is 38.6 Å². The van der Waals surface area contributed by atoms with Crippen molar-refractivity contribution in [2.75, 3.05) is 13.1 Å². The van der Waals surface area contributed by atoms with E-state index in [9.17, 15) is 4.79 Å². The molecule has 0 aromatic carbocycles. The first-order chi connectivity index (χ1) is 5.82. The molecule has 0 bridgehead atoms. The van der Waals surface area contributed by atoms with Gasteiger partial charge in [-0.25, -0.2) is 0 Å². The molecule has 1 heterocycles. The van der Waals surface area contributed by atoms with E-state index in [-0.39, 0.29) is 13.1 Å². The van der Waals surface area contributed by atoms with Crippen LogP contribution in [0.2, 0.25) is 0 Å². The Morgan fingerprint density at radius 1 is 1.69 bits per heavy atom. The standard InChI is InChI=1S/C6H5Cl3N2O2/c7-6(8,9)3-11(5(12)13)2-4(11)1-10/h4H,2-3H2/p+1. The van der Waals surface area contributed by atoms with Gasteiger partial charge in [-0.05, 0) is 0 Å². The molecule has 1 aliphatic heterocycles. The molecule has 1 N–H and O–H groups in total. The van der Waals surface area contributed by atoms with Crippen molar-refractivity contribution in [1.29, 1.82) is 5.26 Å². The second-order valence-electron chi connectivity index (χ2n) is 2.92. The van der Waals surface area contributed by atoms with Crippen LogP contribution in [-0.2, 0) is 0 Å². The second-order valence-corrected chi connectivity index (χ2v) is 5.43. The number of nitrogens with zero attached hydrogens (tertiary/aromatic N) is 2. The van der Waals surface area contributed by atoms with Crippen molar-refractivity contribution in [3.63, 3.8) is 0 Å². The van der Waals surface area contributed by atoms with Crippen molar-refractivity contribution in [1.82, 2.24) is 0 Å². The normalized spacial score (nSPS) is 32.3. The molecule has 1 fully saturated rings. The van der Waals surface area contributed by atoms with Crippen LogP contribution in [0.4, 0.5) is 4.79 Å². The number of carbonyl (C=O) groups is 1. The van der Waals surface area contributed by atoms with Crippen molar-refractivity contribution in [3.8, 4) is 6.07 Å². The third kappa shape index (κ3) is 2.18. The van der Waals surface area contributed by atoms with Gasteiger partial charge in [0.15, 0.2) is 6.54 Å². The summed E-state index contributed by atoms with van der Waals surface area (Å²) in [7, 11) is 0. The molecule has 7 heteroatoms. The highest BCUT2D eigenvalue weighted by atomic mass is 35.6. The lowest BCUT2D eigenvalue weighted by Gasteiger charge is -2.16. The molecule has 4 nitrogen and oxygen atoms in total. The van der Waals surface area contributed by atoms with Gasteiger partial charge < -0.3 is 5.11 Å². The van der Waals surface area contributed by atoms with Gasteiger partial charge in [0, 0.05) is 0 Å². The zero-order valence-corrected chi connectivity index (χ0v) is 8.64. The van der Waals surface area contributed by atoms with Gasteiger partial charge in [-0.1, -0.05) is 34.8 Å². The van der Waals surface area contributed by atoms with E-state index in [0.717, 1.165) is 0 Å². The van der Waals surface area contributed by atoms with Gasteiger partial charge in [-0.2, -0.15) is 14.5 Å². The summed E-state index contributed by atoms with van der Waals surface area (Å²) >= 11 is 16.4. The molecule has 1 rings (SSSR count). The van der Waals surface area contributed by atoms with E-state index in [1.165, 1.54) is 0 Å². The van der Waals surface area contributed by atoms with Crippen molar-refractivity contribution >= 4 is 40.9 Å². The van der Waals surface area contributed by atoms with Crippen LogP contribution in [0, 0.1) is 11.3 Å². The van der Waals surface area contributed by atoms with Crippen LogP contribution in [0.5, 0.6) is 0 Å². The average molecular weight is 244 g/mol. The number of quaternary nitrogens is 1. The first-order valence-electron chi connectivity index (χ1n) is 3.38. The molecule has 1 amide bonds. The quantitative estimate of drug-likeness (QED) is 0.434. The molecule has 0 aromatic heterocycles. The van der Waals surface area contributed by atoms with Crippen LogP contribution in [0.1, 0.15) is 0 Å². The molecular formula is C6H6Cl3N2O2+. The summed E-state index contributed by atoms with van der Waals surface area (Å²) in [5.74, 6) is 0. The van der Waals surface area contributed by atoms with E-state index < -0.39 is 20.4 Å². The monoisotopic (exact) mass is 243 g/mol. The first kappa shape index (κ1) is 10.9. The lowest BCUT2D eigenvalue weighted by atomic mass is 10.5. The minimum atomic E-state index is -1.63. The van der Waals surface area contributed by atoms with Gasteiger partial charge in [0.05, 0.1) is 0 Å². The Hall–Kier alpha value is -0.210. The summed E-state index contributed by atoms with van der Waals surface area (Å²) in [6, 6.07) is 1.26. The lowest BCUT2D eigenvalue weighted by molar-refractivity contribution is -0.730. The van der Waals surface area contributed by atoms with Gasteiger partial charge in [0.25, 0.3) is 0 Å². The maximum absolute atomic E-state index is 10.8. The molecule has 0 aliphatic carbocycles. The van der Waals surface area contributed by atoms with Crippen molar-refractivity contribution in [2.24, 2.45) is 0 Å². The number of halogens is 3. The lowest BCUT2D eigenvalue weighted by Crippen LogP contribution is -2.41. The topological polar surface area (TPSA) is 61.1 Å². The number of rotatable bonds is 1. The predicted molar refractivity (Wildman–Crippen MR) is 47.7 cm³/mol. The fourth-order valence-electron chi connectivity index (χ4n) is 1.19. The molecule has 2 unspecified atom stereocenters. The molecule has 13 heavy (non-hydrogen) atoms. The maximum atomic E-state index is 10.8. The Labute approximate surface area is 89.8 Å². The van der Waals surface area contributed by atoms with Gasteiger partial charge >= 0.3 is 6.09 Å². The molecular weight excluding hydrogens is 238 g/mol. The molecule has 1 aliphatic rings. The number of nitriles is 1. The van der Waals surface area contributed by atoms with Crippen LogP contribution in [0.25, 0.3) is 0 Å². The zero-order chi connectivity index (χ0) is 10.3. The van der Waals surface area contributed by atoms with E-state index >= 15 is 0 Å². The van der Waals surface area contributed by atoms with Gasteiger partial charge in [0.2, 0.25) is 9.83 Å². The van der Waals surface area contributed by atoms with Gasteiger partial charge in [-0.15, -0.1) is 0 Å². The van der Waals surface area contributed by atoms with E-state index in [1.54, 1.807) is 0 Å². The molecule has 1 saturated heterocycles. The predicted octanol–water partition coefficient (Wildman–Crippen LogP) is 1.76. The number of carboxylic acid groups (broad SMARTS) is 1. The summed E-state index contributed by atoms with van der Waals surface area (Å²) in [6.07, 6.45) is -1.13. The largest absolute Gasteiger partial charge is 0.515 e. The first-order valence-corrected chi connectivity index (χ1v) is 4.52. The second kappa shape index (κ2) is 3.18. The summed E-state index contributed by atoms with van der Waals surface area (Å²) in [5.41, 5.74) is 0. The molecule has 0 saturated carbocycles. The Balaban J connectivity index is 2.75. The minimum absolute atomic E-state index is 0.175. The number of alkyl halides is 3. The van der Waals surface area contributed by atoms with Crippen molar-refractivity contribution < 1.29 is 14.4 Å². The van der Waals surface area contributed by atoms with E-state index in [1.807, 2.05) is 6.07 Å². The maximum Gasteiger partial charge on any atom is 0.515 e. The number of hydrogen-bond donors (Lipinski definition) is 1. The summed E-state index contributed by atoms with van der Waals surface area (Å²) in [6.45, 7) is 0.0327. The van der Waals surface area contributed by atoms with E-state index in [4.69, 9.17) is 45.2 Å². The van der Waals surface area contributed by atoms with Crippen LogP contribution in [0.15, 0.2) is 0 Å². The van der Waals surface area contributed by atoms with Gasteiger partial charge in [0.1, 0.15) is 12.6 Å². The third-order valence-electron chi connectivity index (χ3n) is 1.95. The molecule has 0 spiro atoms. The van der Waals surface area contributed by atoms with Gasteiger partial charge in [-0.3, -0.25) is 0 Å². The Morgan fingerprint density at radius 3 is 2.46 bits per heavy atom. The zero-order valence-electron chi connectivity index (χ0n) is 6.38. The number of hydrogen-bond acceptors (Lipinski definition) is 2. The molecule has 0 aromatic rings. The number of amides is 1. The van der Waals surface area contributed by atoms with E-state index in [2.05, 4.69) is 0 Å². The average Bonchev–Trinajstić information content (AvgIpc) is 2.60. The van der Waals surface area contributed by atoms with Crippen molar-refractivity contribution in [3.05, 3.63) is 0 Å². The SMILES string of the molecule is N#CC1C[N+]1(CC(Cl)(Cl)Cl)C(=O)O. The molecule has 2 atom stereocenters. The fourth-order valence-corrected chi connectivity index (χ4v) is 1.83. The smallest absolute Gasteiger partial charge is 0.435 e.